The third kappa shape index (κ3) is 6.90. The highest BCUT2D eigenvalue weighted by molar-refractivity contribution is 7.99. The highest BCUT2D eigenvalue weighted by atomic mass is 35.5. The van der Waals surface area contributed by atoms with Crippen molar-refractivity contribution in [3.63, 3.8) is 0 Å². The minimum atomic E-state index is -4.06. The Bertz CT molecular complexity index is 1220. The molecule has 3 aromatic carbocycles. The average molecular weight is 524 g/mol. The van der Waals surface area contributed by atoms with Crippen molar-refractivity contribution in [1.29, 1.82) is 0 Å². The van der Waals surface area contributed by atoms with Gasteiger partial charge in [-0.3, -0.25) is 9.10 Å². The largest absolute Gasteiger partial charge is 0.354 e. The fourth-order valence-electron chi connectivity index (χ4n) is 2.99. The summed E-state index contributed by atoms with van der Waals surface area (Å²) in [7, 11) is -4.06. The van der Waals surface area contributed by atoms with E-state index in [9.17, 15) is 13.2 Å². The molecule has 9 heteroatoms. The molecule has 0 saturated heterocycles. The molecule has 0 saturated carbocycles. The molecule has 0 aliphatic carbocycles. The summed E-state index contributed by atoms with van der Waals surface area (Å²) < 4.78 is 27.8. The van der Waals surface area contributed by atoms with Crippen molar-refractivity contribution in [3.8, 4) is 0 Å². The van der Waals surface area contributed by atoms with E-state index < -0.39 is 22.5 Å². The van der Waals surface area contributed by atoms with Gasteiger partial charge in [-0.1, -0.05) is 58.6 Å². The number of halogens is 2. The minimum absolute atomic E-state index is 0.0619. The molecular formula is C24H24Cl2N2O3S2. The maximum absolute atomic E-state index is 13.4. The zero-order valence-electron chi connectivity index (χ0n) is 18.2. The third-order valence-corrected chi connectivity index (χ3v) is 8.13. The summed E-state index contributed by atoms with van der Waals surface area (Å²) in [5.74, 6) is 0.212. The number of anilines is 1. The summed E-state index contributed by atoms with van der Waals surface area (Å²) >= 11 is 14.0. The molecular weight excluding hydrogens is 499 g/mol. The van der Waals surface area contributed by atoms with E-state index in [1.807, 2.05) is 38.1 Å². The first-order chi connectivity index (χ1) is 15.7. The Balaban J connectivity index is 1.75. The number of hydrogen-bond donors (Lipinski definition) is 1. The van der Waals surface area contributed by atoms with Crippen LogP contribution in [-0.4, -0.2) is 33.2 Å². The van der Waals surface area contributed by atoms with Gasteiger partial charge in [0.05, 0.1) is 15.6 Å². The Labute approximate surface area is 209 Å². The van der Waals surface area contributed by atoms with Crippen LogP contribution < -0.4 is 9.62 Å². The standard InChI is InChI=1S/C24H24Cl2N2O3S2/c1-17-3-8-20(9-4-17)32-14-13-27-24(29)16-28(23-15-19(25)7-12-22(23)26)33(30,31)21-10-5-18(2)6-11-21/h3-12,15H,13-14,16H2,1-2H3,(H,27,29). The predicted octanol–water partition coefficient (Wildman–Crippen LogP) is 5.71. The number of carbonyl (C=O) groups excluding carboxylic acids is 1. The van der Waals surface area contributed by atoms with Gasteiger partial charge < -0.3 is 5.32 Å². The van der Waals surface area contributed by atoms with Gasteiger partial charge in [0.1, 0.15) is 6.54 Å². The second-order valence-corrected chi connectivity index (χ2v) is 11.3. The molecule has 0 unspecified atom stereocenters. The van der Waals surface area contributed by atoms with Crippen molar-refractivity contribution in [3.05, 3.63) is 87.9 Å². The van der Waals surface area contributed by atoms with Crippen LogP contribution in [0.15, 0.2) is 76.5 Å². The van der Waals surface area contributed by atoms with Gasteiger partial charge >= 0.3 is 0 Å². The van der Waals surface area contributed by atoms with E-state index >= 15 is 0 Å². The fourth-order valence-corrected chi connectivity index (χ4v) is 5.63. The smallest absolute Gasteiger partial charge is 0.264 e. The number of benzene rings is 3. The molecule has 0 bridgehead atoms. The third-order valence-electron chi connectivity index (χ3n) is 4.79. The summed E-state index contributed by atoms with van der Waals surface area (Å²) in [6, 6.07) is 19.0. The lowest BCUT2D eigenvalue weighted by Crippen LogP contribution is -2.41. The summed E-state index contributed by atoms with van der Waals surface area (Å²) in [4.78, 5) is 13.9. The summed E-state index contributed by atoms with van der Waals surface area (Å²) in [5, 5.41) is 3.28. The van der Waals surface area contributed by atoms with E-state index in [4.69, 9.17) is 23.2 Å². The highest BCUT2D eigenvalue weighted by Crippen LogP contribution is 2.33. The van der Waals surface area contributed by atoms with E-state index in [1.54, 1.807) is 30.0 Å². The molecule has 3 aromatic rings. The first-order valence-electron chi connectivity index (χ1n) is 10.2. The number of sulfonamides is 1. The number of thioether (sulfide) groups is 1. The first-order valence-corrected chi connectivity index (χ1v) is 13.4. The van der Waals surface area contributed by atoms with E-state index in [0.717, 1.165) is 14.8 Å². The second-order valence-electron chi connectivity index (χ2n) is 7.43. The minimum Gasteiger partial charge on any atom is -0.354 e. The SMILES string of the molecule is Cc1ccc(SCCNC(=O)CN(c2cc(Cl)ccc2Cl)S(=O)(=O)c2ccc(C)cc2)cc1. The second kappa shape index (κ2) is 11.3. The molecule has 1 amide bonds. The van der Waals surface area contributed by atoms with Gasteiger partial charge in [-0.05, 0) is 56.3 Å². The van der Waals surface area contributed by atoms with Crippen LogP contribution in [0.3, 0.4) is 0 Å². The van der Waals surface area contributed by atoms with Crippen molar-refractivity contribution in [1.82, 2.24) is 5.32 Å². The lowest BCUT2D eigenvalue weighted by Gasteiger charge is -2.25. The molecule has 3 rings (SSSR count). The van der Waals surface area contributed by atoms with Gasteiger partial charge in [-0.25, -0.2) is 8.42 Å². The van der Waals surface area contributed by atoms with Crippen LogP contribution in [-0.2, 0) is 14.8 Å². The van der Waals surface area contributed by atoms with Crippen LogP contribution >= 0.6 is 35.0 Å². The molecule has 0 heterocycles. The molecule has 174 valence electrons. The van der Waals surface area contributed by atoms with Crippen LogP contribution in [0.4, 0.5) is 5.69 Å². The number of nitrogens with one attached hydrogen (secondary N) is 1. The van der Waals surface area contributed by atoms with Crippen LogP contribution in [0.1, 0.15) is 11.1 Å². The molecule has 0 aliphatic heterocycles. The van der Waals surface area contributed by atoms with Crippen molar-refractivity contribution in [2.75, 3.05) is 23.1 Å². The van der Waals surface area contributed by atoms with E-state index in [1.165, 1.54) is 29.8 Å². The highest BCUT2D eigenvalue weighted by Gasteiger charge is 2.29. The molecule has 0 fully saturated rings. The molecule has 0 aliphatic rings. The molecule has 33 heavy (non-hydrogen) atoms. The first kappa shape index (κ1) is 25.4. The quantitative estimate of drug-likeness (QED) is 0.288. The number of aryl methyl sites for hydroxylation is 2. The molecule has 0 atom stereocenters. The van der Waals surface area contributed by atoms with Gasteiger partial charge in [0, 0.05) is 22.2 Å². The summed E-state index contributed by atoms with van der Waals surface area (Å²) in [6.45, 7) is 3.85. The van der Waals surface area contributed by atoms with E-state index in [2.05, 4.69) is 5.32 Å². The normalized spacial score (nSPS) is 11.3. The molecule has 0 spiro atoms. The Morgan fingerprint density at radius 1 is 0.939 bits per heavy atom. The van der Waals surface area contributed by atoms with Gasteiger partial charge in [0.2, 0.25) is 5.91 Å². The molecule has 0 radical (unpaired) electrons. The number of rotatable bonds is 9. The van der Waals surface area contributed by atoms with Crippen molar-refractivity contribution in [2.24, 2.45) is 0 Å². The zero-order chi connectivity index (χ0) is 24.0. The zero-order valence-corrected chi connectivity index (χ0v) is 21.4. The number of hydrogen-bond acceptors (Lipinski definition) is 4. The topological polar surface area (TPSA) is 66.5 Å². The Kier molecular flexibility index (Phi) is 8.70. The Morgan fingerprint density at radius 3 is 2.18 bits per heavy atom. The monoisotopic (exact) mass is 522 g/mol. The lowest BCUT2D eigenvalue weighted by atomic mass is 10.2. The predicted molar refractivity (Wildman–Crippen MR) is 137 cm³/mol. The Hall–Kier alpha value is -2.19. The van der Waals surface area contributed by atoms with Crippen LogP contribution in [0.25, 0.3) is 0 Å². The molecule has 1 N–H and O–H groups in total. The van der Waals surface area contributed by atoms with Crippen molar-refractivity contribution in [2.45, 2.75) is 23.6 Å². The fraction of sp³-hybridized carbons (Fsp3) is 0.208. The van der Waals surface area contributed by atoms with Crippen LogP contribution in [0.5, 0.6) is 0 Å². The van der Waals surface area contributed by atoms with Gasteiger partial charge in [0.25, 0.3) is 10.0 Å². The maximum atomic E-state index is 13.4. The van der Waals surface area contributed by atoms with Gasteiger partial charge in [0.15, 0.2) is 0 Å². The Morgan fingerprint density at radius 2 is 1.55 bits per heavy atom. The van der Waals surface area contributed by atoms with E-state index in [-0.39, 0.29) is 15.6 Å². The van der Waals surface area contributed by atoms with Gasteiger partial charge in [-0.2, -0.15) is 0 Å². The van der Waals surface area contributed by atoms with Gasteiger partial charge in [-0.15, -0.1) is 11.8 Å². The molecule has 5 nitrogen and oxygen atoms in total. The number of nitrogens with zero attached hydrogens (tertiary/aromatic N) is 1. The maximum Gasteiger partial charge on any atom is 0.264 e. The average Bonchev–Trinajstić information content (AvgIpc) is 2.78. The summed E-state index contributed by atoms with van der Waals surface area (Å²) in [6.07, 6.45) is 0. The van der Waals surface area contributed by atoms with Crippen LogP contribution in [0.2, 0.25) is 10.0 Å². The van der Waals surface area contributed by atoms with E-state index in [0.29, 0.717) is 17.3 Å². The van der Waals surface area contributed by atoms with Crippen LogP contribution in [0, 0.1) is 13.8 Å². The molecule has 0 aromatic heterocycles. The number of amides is 1. The van der Waals surface area contributed by atoms with Crippen molar-refractivity contribution >= 4 is 56.6 Å². The lowest BCUT2D eigenvalue weighted by molar-refractivity contribution is -0.119. The number of carbonyl (C=O) groups is 1. The van der Waals surface area contributed by atoms with Crippen molar-refractivity contribution < 1.29 is 13.2 Å². The summed E-state index contributed by atoms with van der Waals surface area (Å²) in [5.41, 5.74) is 2.25.